The van der Waals surface area contributed by atoms with Crippen LogP contribution in [0.15, 0.2) is 0 Å². The van der Waals surface area contributed by atoms with Crippen LogP contribution in [-0.2, 0) is 4.79 Å². The highest BCUT2D eigenvalue weighted by Crippen LogP contribution is 2.13. The quantitative estimate of drug-likeness (QED) is 0.346. The highest BCUT2D eigenvalue weighted by atomic mass is 32.2. The lowest BCUT2D eigenvalue weighted by molar-refractivity contribution is -0.118. The number of hydrogen-bond donors (Lipinski definition) is 1. The molecule has 0 aromatic rings. The molecule has 2 nitrogen and oxygen atoms in total. The molecular formula is C20H41NOS. The first-order valence-electron chi connectivity index (χ1n) is 9.86. The van der Waals surface area contributed by atoms with Crippen molar-refractivity contribution in [3.8, 4) is 0 Å². The zero-order valence-electron chi connectivity index (χ0n) is 16.2. The third-order valence-electron chi connectivity index (χ3n) is 3.96. The SMILES string of the molecule is CC(C)CCCCCCCCCCCNC(=O)CSCC(C)C. The topological polar surface area (TPSA) is 29.1 Å². The number of thioether (sulfide) groups is 1. The van der Waals surface area contributed by atoms with Crippen molar-refractivity contribution in [3.05, 3.63) is 0 Å². The van der Waals surface area contributed by atoms with Crippen molar-refractivity contribution in [1.29, 1.82) is 0 Å². The van der Waals surface area contributed by atoms with E-state index in [0.29, 0.717) is 11.7 Å². The van der Waals surface area contributed by atoms with Gasteiger partial charge in [0.2, 0.25) is 5.91 Å². The largest absolute Gasteiger partial charge is 0.355 e. The Kier molecular flexibility index (Phi) is 16.5. The zero-order chi connectivity index (χ0) is 17.3. The van der Waals surface area contributed by atoms with Crippen LogP contribution < -0.4 is 5.32 Å². The number of unbranched alkanes of at least 4 members (excludes halogenated alkanes) is 8. The highest BCUT2D eigenvalue weighted by Gasteiger charge is 2.02. The molecule has 0 bridgehead atoms. The number of carbonyl (C=O) groups excluding carboxylic acids is 1. The van der Waals surface area contributed by atoms with Gasteiger partial charge in [-0.15, -0.1) is 0 Å². The van der Waals surface area contributed by atoms with Crippen molar-refractivity contribution < 1.29 is 4.79 Å². The fraction of sp³-hybridized carbons (Fsp3) is 0.950. The van der Waals surface area contributed by atoms with Crippen molar-refractivity contribution in [2.24, 2.45) is 11.8 Å². The van der Waals surface area contributed by atoms with E-state index in [1.165, 1.54) is 57.8 Å². The molecule has 0 spiro atoms. The monoisotopic (exact) mass is 343 g/mol. The molecule has 0 unspecified atom stereocenters. The lowest BCUT2D eigenvalue weighted by Gasteiger charge is -2.07. The summed E-state index contributed by atoms with van der Waals surface area (Å²) in [6.07, 6.45) is 13.5. The highest BCUT2D eigenvalue weighted by molar-refractivity contribution is 7.99. The van der Waals surface area contributed by atoms with Gasteiger partial charge in [-0.1, -0.05) is 85.5 Å². The lowest BCUT2D eigenvalue weighted by atomic mass is 10.0. The third kappa shape index (κ3) is 19.8. The number of carbonyl (C=O) groups is 1. The third-order valence-corrected chi connectivity index (χ3v) is 5.33. The van der Waals surface area contributed by atoms with Crippen molar-refractivity contribution in [3.63, 3.8) is 0 Å². The van der Waals surface area contributed by atoms with Crippen LogP contribution in [0.4, 0.5) is 0 Å². The van der Waals surface area contributed by atoms with Gasteiger partial charge in [-0.05, 0) is 24.0 Å². The molecule has 0 heterocycles. The van der Waals surface area contributed by atoms with Crippen molar-refractivity contribution in [2.45, 2.75) is 91.9 Å². The van der Waals surface area contributed by atoms with E-state index in [1.807, 2.05) is 0 Å². The van der Waals surface area contributed by atoms with Gasteiger partial charge in [-0.3, -0.25) is 4.79 Å². The molecular weight excluding hydrogens is 302 g/mol. The molecule has 138 valence electrons. The number of hydrogen-bond acceptors (Lipinski definition) is 2. The molecule has 0 saturated heterocycles. The first-order valence-corrected chi connectivity index (χ1v) is 11.0. The fourth-order valence-electron chi connectivity index (χ4n) is 2.58. The van der Waals surface area contributed by atoms with Crippen LogP contribution in [-0.4, -0.2) is 24.0 Å². The Hall–Kier alpha value is -0.180. The normalized spacial score (nSPS) is 11.4. The molecule has 0 aromatic carbocycles. The van der Waals surface area contributed by atoms with Crippen molar-refractivity contribution in [2.75, 3.05) is 18.1 Å². The fourth-order valence-corrected chi connectivity index (χ4v) is 3.46. The second-order valence-electron chi connectivity index (χ2n) is 7.62. The molecule has 0 radical (unpaired) electrons. The molecule has 23 heavy (non-hydrogen) atoms. The van der Waals surface area contributed by atoms with E-state index in [2.05, 4.69) is 33.0 Å². The summed E-state index contributed by atoms with van der Waals surface area (Å²) in [6.45, 7) is 9.86. The maximum atomic E-state index is 11.6. The van der Waals surface area contributed by atoms with Crippen molar-refractivity contribution >= 4 is 17.7 Å². The Balaban J connectivity index is 3.14. The summed E-state index contributed by atoms with van der Waals surface area (Å²) in [7, 11) is 0. The van der Waals surface area contributed by atoms with E-state index in [4.69, 9.17) is 0 Å². The average molecular weight is 344 g/mol. The lowest BCUT2D eigenvalue weighted by Crippen LogP contribution is -2.26. The predicted octanol–water partition coefficient (Wildman–Crippen LogP) is 6.05. The Labute approximate surface area is 150 Å². The van der Waals surface area contributed by atoms with E-state index in [1.54, 1.807) is 11.8 Å². The van der Waals surface area contributed by atoms with E-state index in [-0.39, 0.29) is 5.91 Å². The standard InChI is InChI=1S/C20H41NOS/c1-18(2)14-12-10-8-6-5-7-9-11-13-15-21-20(22)17-23-16-19(3)4/h18-19H,5-17H2,1-4H3,(H,21,22). The van der Waals surface area contributed by atoms with Gasteiger partial charge < -0.3 is 5.32 Å². The molecule has 0 aromatic heterocycles. The van der Waals surface area contributed by atoms with E-state index in [9.17, 15) is 4.79 Å². The summed E-state index contributed by atoms with van der Waals surface area (Å²) < 4.78 is 0. The number of rotatable bonds is 16. The van der Waals surface area contributed by atoms with Crippen LogP contribution in [0.25, 0.3) is 0 Å². The summed E-state index contributed by atoms with van der Waals surface area (Å²) in [6, 6.07) is 0. The Morgan fingerprint density at radius 3 is 1.83 bits per heavy atom. The molecule has 0 atom stereocenters. The Morgan fingerprint density at radius 2 is 1.30 bits per heavy atom. The molecule has 0 saturated carbocycles. The van der Waals surface area contributed by atoms with Crippen LogP contribution in [0.3, 0.4) is 0 Å². The first-order chi connectivity index (χ1) is 11.0. The zero-order valence-corrected chi connectivity index (χ0v) is 17.0. The smallest absolute Gasteiger partial charge is 0.229 e. The van der Waals surface area contributed by atoms with Gasteiger partial charge in [-0.2, -0.15) is 11.8 Å². The van der Waals surface area contributed by atoms with Crippen LogP contribution in [0.1, 0.15) is 91.9 Å². The molecule has 0 aliphatic heterocycles. The van der Waals surface area contributed by atoms with Crippen LogP contribution in [0, 0.1) is 11.8 Å². The van der Waals surface area contributed by atoms with Gasteiger partial charge >= 0.3 is 0 Å². The summed E-state index contributed by atoms with van der Waals surface area (Å²) in [5, 5.41) is 3.03. The maximum Gasteiger partial charge on any atom is 0.229 e. The molecule has 3 heteroatoms. The number of nitrogens with one attached hydrogen (secondary N) is 1. The van der Waals surface area contributed by atoms with E-state index >= 15 is 0 Å². The maximum absolute atomic E-state index is 11.6. The molecule has 0 aliphatic rings. The minimum Gasteiger partial charge on any atom is -0.355 e. The molecule has 1 N–H and O–H groups in total. The summed E-state index contributed by atoms with van der Waals surface area (Å²) in [5.41, 5.74) is 0. The van der Waals surface area contributed by atoms with E-state index in [0.717, 1.165) is 24.6 Å². The molecule has 0 fully saturated rings. The minimum atomic E-state index is 0.206. The van der Waals surface area contributed by atoms with Crippen LogP contribution in [0.5, 0.6) is 0 Å². The van der Waals surface area contributed by atoms with Crippen molar-refractivity contribution in [1.82, 2.24) is 5.32 Å². The number of amides is 1. The van der Waals surface area contributed by atoms with Gasteiger partial charge in [0.05, 0.1) is 5.75 Å². The molecule has 0 aliphatic carbocycles. The van der Waals surface area contributed by atoms with Gasteiger partial charge in [0.1, 0.15) is 0 Å². The Bertz CT molecular complexity index is 266. The van der Waals surface area contributed by atoms with E-state index < -0.39 is 0 Å². The summed E-state index contributed by atoms with van der Waals surface area (Å²) in [4.78, 5) is 11.6. The summed E-state index contributed by atoms with van der Waals surface area (Å²) in [5.74, 6) is 3.43. The second-order valence-corrected chi connectivity index (χ2v) is 8.65. The molecule has 1 amide bonds. The summed E-state index contributed by atoms with van der Waals surface area (Å²) >= 11 is 1.74. The van der Waals surface area contributed by atoms with Gasteiger partial charge in [0.25, 0.3) is 0 Å². The first kappa shape index (κ1) is 22.8. The predicted molar refractivity (Wildman–Crippen MR) is 106 cm³/mol. The van der Waals surface area contributed by atoms with Gasteiger partial charge in [0, 0.05) is 6.54 Å². The molecule has 0 rings (SSSR count). The van der Waals surface area contributed by atoms with Crippen LogP contribution >= 0.6 is 11.8 Å². The minimum absolute atomic E-state index is 0.206. The Morgan fingerprint density at radius 1 is 0.783 bits per heavy atom. The average Bonchev–Trinajstić information content (AvgIpc) is 2.47. The van der Waals surface area contributed by atoms with Gasteiger partial charge in [0.15, 0.2) is 0 Å². The van der Waals surface area contributed by atoms with Gasteiger partial charge in [-0.25, -0.2) is 0 Å². The van der Waals surface area contributed by atoms with Crippen LogP contribution in [0.2, 0.25) is 0 Å². The second kappa shape index (κ2) is 16.7.